The van der Waals surface area contributed by atoms with Crippen LogP contribution in [0.1, 0.15) is 18.7 Å². The summed E-state index contributed by atoms with van der Waals surface area (Å²) < 4.78 is 4.78. The minimum atomic E-state index is -0.278. The zero-order valence-corrected chi connectivity index (χ0v) is 11.1. The lowest BCUT2D eigenvalue weighted by Gasteiger charge is -2.10. The highest BCUT2D eigenvalue weighted by atomic mass is 32.1. The number of nitrogens with one attached hydrogen (secondary N) is 1. The van der Waals surface area contributed by atoms with Gasteiger partial charge in [-0.05, 0) is 31.7 Å². The van der Waals surface area contributed by atoms with E-state index >= 15 is 0 Å². The summed E-state index contributed by atoms with van der Waals surface area (Å²) in [5.74, 6) is -0.278. The van der Waals surface area contributed by atoms with Crippen LogP contribution in [0.2, 0.25) is 0 Å². The molecule has 1 N–H and O–H groups in total. The molecule has 0 amide bonds. The highest BCUT2D eigenvalue weighted by Gasteiger charge is 2.02. The lowest BCUT2D eigenvalue weighted by molar-refractivity contribution is -0.137. The molecule has 0 aliphatic heterocycles. The van der Waals surface area contributed by atoms with Crippen molar-refractivity contribution < 1.29 is 9.53 Å². The van der Waals surface area contributed by atoms with E-state index in [2.05, 4.69) is 29.8 Å². The van der Waals surface area contributed by atoms with E-state index in [-0.39, 0.29) is 5.97 Å². The first kappa shape index (κ1) is 13.9. The Bertz CT molecular complexity index is 346. The van der Waals surface area contributed by atoms with Gasteiger partial charge in [0.15, 0.2) is 0 Å². The summed E-state index contributed by atoms with van der Waals surface area (Å²) in [4.78, 5) is 12.4. The van der Waals surface area contributed by atoms with Gasteiger partial charge >= 0.3 is 5.97 Å². The van der Waals surface area contributed by atoms with Crippen molar-refractivity contribution in [1.82, 2.24) is 5.32 Å². The van der Waals surface area contributed by atoms with Crippen molar-refractivity contribution in [2.75, 3.05) is 13.2 Å². The third-order valence-electron chi connectivity index (χ3n) is 2.21. The van der Waals surface area contributed by atoms with Crippen LogP contribution in [0, 0.1) is 0 Å². The Morgan fingerprint density at radius 3 is 3.12 bits per heavy atom. The average Bonchev–Trinajstić information content (AvgIpc) is 2.77. The molecule has 0 saturated carbocycles. The number of ether oxygens (including phenoxy) is 1. The van der Waals surface area contributed by atoms with Crippen molar-refractivity contribution in [1.29, 1.82) is 0 Å². The molecule has 0 fully saturated rings. The molecule has 0 bridgehead atoms. The van der Waals surface area contributed by atoms with E-state index in [1.165, 1.54) is 11.0 Å². The van der Waals surface area contributed by atoms with Crippen LogP contribution in [0.5, 0.6) is 0 Å². The fourth-order valence-corrected chi connectivity index (χ4v) is 2.25. The molecule has 0 aliphatic carbocycles. The molecule has 0 radical (unpaired) electrons. The fourth-order valence-electron chi connectivity index (χ4n) is 1.42. The third kappa shape index (κ3) is 6.24. The summed E-state index contributed by atoms with van der Waals surface area (Å²) >= 11 is 1.77. The van der Waals surface area contributed by atoms with Gasteiger partial charge < -0.3 is 10.1 Å². The minimum absolute atomic E-state index is 0.278. The Kier molecular flexibility index (Phi) is 6.58. The number of hydrogen-bond acceptors (Lipinski definition) is 4. The smallest absolute Gasteiger partial charge is 0.330 e. The molecular formula is C13H19NO2S. The molecule has 4 heteroatoms. The second-order valence-corrected chi connectivity index (χ2v) is 4.78. The molecule has 0 saturated heterocycles. The molecule has 3 nitrogen and oxygen atoms in total. The Balaban J connectivity index is 2.15. The van der Waals surface area contributed by atoms with Gasteiger partial charge in [-0.15, -0.1) is 11.3 Å². The molecule has 1 aromatic rings. The summed E-state index contributed by atoms with van der Waals surface area (Å²) in [6.07, 6.45) is 4.28. The summed E-state index contributed by atoms with van der Waals surface area (Å²) in [6, 6.07) is 4.60. The summed E-state index contributed by atoms with van der Waals surface area (Å²) in [5, 5.41) is 5.42. The normalized spacial score (nSPS) is 12.8. The highest BCUT2D eigenvalue weighted by Crippen LogP contribution is 2.10. The maximum atomic E-state index is 11.0. The minimum Gasteiger partial charge on any atom is -0.463 e. The van der Waals surface area contributed by atoms with Gasteiger partial charge in [-0.25, -0.2) is 4.79 Å². The molecule has 0 spiro atoms. The number of esters is 1. The van der Waals surface area contributed by atoms with E-state index in [0.717, 1.165) is 6.42 Å². The monoisotopic (exact) mass is 253 g/mol. The van der Waals surface area contributed by atoms with Crippen LogP contribution in [0.25, 0.3) is 0 Å². The van der Waals surface area contributed by atoms with E-state index < -0.39 is 0 Å². The second kappa shape index (κ2) is 8.03. The average molecular weight is 253 g/mol. The van der Waals surface area contributed by atoms with Crippen LogP contribution in [0.15, 0.2) is 29.7 Å². The van der Waals surface area contributed by atoms with Gasteiger partial charge in [0.1, 0.15) is 0 Å². The van der Waals surface area contributed by atoms with Gasteiger partial charge in [0.2, 0.25) is 0 Å². The molecule has 0 aliphatic rings. The number of thiophene rings is 1. The Labute approximate surface area is 106 Å². The Hall–Kier alpha value is -1.13. The molecule has 1 heterocycles. The van der Waals surface area contributed by atoms with Crippen LogP contribution in [0.3, 0.4) is 0 Å². The van der Waals surface area contributed by atoms with Crippen LogP contribution >= 0.6 is 11.3 Å². The zero-order valence-electron chi connectivity index (χ0n) is 10.3. The molecule has 0 aromatic carbocycles. The highest BCUT2D eigenvalue weighted by molar-refractivity contribution is 7.09. The first-order chi connectivity index (χ1) is 8.22. The van der Waals surface area contributed by atoms with Crippen molar-refractivity contribution in [3.05, 3.63) is 34.5 Å². The van der Waals surface area contributed by atoms with Crippen LogP contribution < -0.4 is 5.32 Å². The summed E-state index contributed by atoms with van der Waals surface area (Å²) in [5.41, 5.74) is 0. The Morgan fingerprint density at radius 2 is 2.47 bits per heavy atom. The van der Waals surface area contributed by atoms with Gasteiger partial charge in [-0.3, -0.25) is 0 Å². The van der Waals surface area contributed by atoms with Crippen molar-refractivity contribution in [3.63, 3.8) is 0 Å². The summed E-state index contributed by atoms with van der Waals surface area (Å²) in [7, 11) is 0. The largest absolute Gasteiger partial charge is 0.463 e. The number of rotatable bonds is 7. The molecule has 94 valence electrons. The lowest BCUT2D eigenvalue weighted by Crippen LogP contribution is -2.27. The first-order valence-corrected chi connectivity index (χ1v) is 6.69. The fraction of sp³-hybridized carbons (Fsp3) is 0.462. The molecule has 1 unspecified atom stereocenters. The molecular weight excluding hydrogens is 234 g/mol. The maximum absolute atomic E-state index is 11.0. The number of carbonyl (C=O) groups excluding carboxylic acids is 1. The predicted molar refractivity (Wildman–Crippen MR) is 71.3 cm³/mol. The van der Waals surface area contributed by atoms with Gasteiger partial charge in [0.25, 0.3) is 0 Å². The Morgan fingerprint density at radius 1 is 1.65 bits per heavy atom. The topological polar surface area (TPSA) is 38.3 Å². The van der Waals surface area contributed by atoms with Gasteiger partial charge in [0.05, 0.1) is 6.61 Å². The van der Waals surface area contributed by atoms with Gasteiger partial charge in [-0.1, -0.05) is 12.1 Å². The maximum Gasteiger partial charge on any atom is 0.330 e. The van der Waals surface area contributed by atoms with Crippen molar-refractivity contribution in [2.24, 2.45) is 0 Å². The first-order valence-electron chi connectivity index (χ1n) is 5.81. The van der Waals surface area contributed by atoms with E-state index in [1.54, 1.807) is 24.3 Å². The zero-order chi connectivity index (χ0) is 12.5. The third-order valence-corrected chi connectivity index (χ3v) is 3.11. The van der Waals surface area contributed by atoms with Crippen LogP contribution in [0.4, 0.5) is 0 Å². The molecule has 17 heavy (non-hydrogen) atoms. The lowest BCUT2D eigenvalue weighted by atomic mass is 10.2. The van der Waals surface area contributed by atoms with Crippen molar-refractivity contribution >= 4 is 17.3 Å². The van der Waals surface area contributed by atoms with E-state index in [4.69, 9.17) is 4.74 Å². The molecule has 1 rings (SSSR count). The van der Waals surface area contributed by atoms with Crippen LogP contribution in [-0.4, -0.2) is 25.2 Å². The van der Waals surface area contributed by atoms with E-state index in [0.29, 0.717) is 19.2 Å². The molecule has 1 aromatic heterocycles. The SMILES string of the molecule is CCOC(=O)/C=C/CNC(C)Cc1cccs1. The second-order valence-electron chi connectivity index (χ2n) is 3.75. The number of carbonyl (C=O) groups is 1. The standard InChI is InChI=1S/C13H19NO2S/c1-3-16-13(15)7-4-8-14-11(2)10-12-6-5-9-17-12/h4-7,9,11,14H,3,8,10H2,1-2H3/b7-4+. The van der Waals surface area contributed by atoms with Gasteiger partial charge in [-0.2, -0.15) is 0 Å². The quantitative estimate of drug-likeness (QED) is 0.599. The van der Waals surface area contributed by atoms with Crippen molar-refractivity contribution in [3.8, 4) is 0 Å². The van der Waals surface area contributed by atoms with E-state index in [9.17, 15) is 4.79 Å². The van der Waals surface area contributed by atoms with Crippen LogP contribution in [-0.2, 0) is 16.0 Å². The van der Waals surface area contributed by atoms with Crippen molar-refractivity contribution in [2.45, 2.75) is 26.3 Å². The summed E-state index contributed by atoms with van der Waals surface area (Å²) in [6.45, 7) is 5.04. The number of hydrogen-bond donors (Lipinski definition) is 1. The molecule has 1 atom stereocenters. The predicted octanol–water partition coefficient (Wildman–Crippen LogP) is 2.39. The van der Waals surface area contributed by atoms with E-state index in [1.807, 2.05) is 0 Å². The van der Waals surface area contributed by atoms with Gasteiger partial charge in [0, 0.05) is 23.5 Å².